The molecule has 0 radical (unpaired) electrons. The molecule has 0 aliphatic rings. The van der Waals surface area contributed by atoms with Crippen LogP contribution in [-0.2, 0) is 6.42 Å². The summed E-state index contributed by atoms with van der Waals surface area (Å²) in [5.74, 6) is -0.254. The van der Waals surface area contributed by atoms with E-state index in [0.29, 0.717) is 6.54 Å². The second kappa shape index (κ2) is 5.14. The van der Waals surface area contributed by atoms with E-state index >= 15 is 0 Å². The lowest BCUT2D eigenvalue weighted by atomic mass is 10.2. The van der Waals surface area contributed by atoms with Crippen LogP contribution in [0.15, 0.2) is 24.3 Å². The third-order valence-electron chi connectivity index (χ3n) is 2.13. The maximum atomic E-state index is 13.0. The van der Waals surface area contributed by atoms with Crippen molar-refractivity contribution in [3.63, 3.8) is 0 Å². The van der Waals surface area contributed by atoms with E-state index in [-0.39, 0.29) is 5.82 Å². The van der Waals surface area contributed by atoms with Gasteiger partial charge in [0.1, 0.15) is 15.8 Å². The van der Waals surface area contributed by atoms with Crippen LogP contribution in [0.25, 0.3) is 10.6 Å². The Morgan fingerprint density at radius 3 is 2.94 bits per heavy atom. The molecule has 1 aromatic heterocycles. The minimum Gasteiger partial charge on any atom is -0.330 e. The quantitative estimate of drug-likeness (QED) is 0.887. The number of nitrogens with two attached hydrogens (primary N) is 1. The van der Waals surface area contributed by atoms with E-state index in [4.69, 9.17) is 5.73 Å². The number of halogens is 1. The Morgan fingerprint density at radius 1 is 1.31 bits per heavy atom. The van der Waals surface area contributed by atoms with E-state index < -0.39 is 0 Å². The Kier molecular flexibility index (Phi) is 3.58. The first-order valence-electron chi connectivity index (χ1n) is 5.08. The second-order valence-electron chi connectivity index (χ2n) is 3.40. The summed E-state index contributed by atoms with van der Waals surface area (Å²) < 4.78 is 13.0. The third-order valence-corrected chi connectivity index (χ3v) is 3.17. The lowest BCUT2D eigenvalue weighted by molar-refractivity contribution is 0.628. The Labute approximate surface area is 97.1 Å². The van der Waals surface area contributed by atoms with Crippen molar-refractivity contribution in [1.82, 2.24) is 10.2 Å². The number of benzene rings is 1. The van der Waals surface area contributed by atoms with Gasteiger partial charge in [-0.1, -0.05) is 23.5 Å². The van der Waals surface area contributed by atoms with Gasteiger partial charge >= 0.3 is 0 Å². The molecule has 2 N–H and O–H groups in total. The van der Waals surface area contributed by atoms with Crippen molar-refractivity contribution in [1.29, 1.82) is 0 Å². The Hall–Kier alpha value is -1.33. The first kappa shape index (κ1) is 11.2. The molecule has 16 heavy (non-hydrogen) atoms. The summed E-state index contributed by atoms with van der Waals surface area (Å²) in [6, 6.07) is 6.38. The first-order valence-corrected chi connectivity index (χ1v) is 5.89. The van der Waals surface area contributed by atoms with Gasteiger partial charge in [0.15, 0.2) is 0 Å². The van der Waals surface area contributed by atoms with E-state index in [0.717, 1.165) is 28.4 Å². The first-order chi connectivity index (χ1) is 7.79. The van der Waals surface area contributed by atoms with Crippen LogP contribution >= 0.6 is 11.3 Å². The van der Waals surface area contributed by atoms with Gasteiger partial charge in [-0.15, -0.1) is 10.2 Å². The van der Waals surface area contributed by atoms with Crippen LogP contribution in [0.2, 0.25) is 0 Å². The van der Waals surface area contributed by atoms with Gasteiger partial charge in [-0.25, -0.2) is 4.39 Å². The highest BCUT2D eigenvalue weighted by molar-refractivity contribution is 7.14. The van der Waals surface area contributed by atoms with Crippen LogP contribution in [0.3, 0.4) is 0 Å². The number of hydrogen-bond donors (Lipinski definition) is 1. The van der Waals surface area contributed by atoms with Gasteiger partial charge < -0.3 is 5.73 Å². The molecule has 2 rings (SSSR count). The summed E-state index contributed by atoms with van der Waals surface area (Å²) in [7, 11) is 0. The van der Waals surface area contributed by atoms with Crippen LogP contribution in [0.1, 0.15) is 11.4 Å². The molecule has 0 aliphatic heterocycles. The third kappa shape index (κ3) is 2.62. The van der Waals surface area contributed by atoms with Crippen molar-refractivity contribution in [2.75, 3.05) is 6.54 Å². The number of aryl methyl sites for hydroxylation is 1. The van der Waals surface area contributed by atoms with Gasteiger partial charge in [-0.2, -0.15) is 0 Å². The van der Waals surface area contributed by atoms with Crippen molar-refractivity contribution in [3.8, 4) is 10.6 Å². The summed E-state index contributed by atoms with van der Waals surface area (Å²) in [5, 5.41) is 9.80. The van der Waals surface area contributed by atoms with Crippen LogP contribution in [0.4, 0.5) is 4.39 Å². The summed E-state index contributed by atoms with van der Waals surface area (Å²) >= 11 is 1.49. The fourth-order valence-electron chi connectivity index (χ4n) is 1.35. The molecule has 0 amide bonds. The average molecular weight is 237 g/mol. The largest absolute Gasteiger partial charge is 0.330 e. The molecule has 0 saturated carbocycles. The lowest BCUT2D eigenvalue weighted by Gasteiger charge is -1.94. The van der Waals surface area contributed by atoms with Gasteiger partial charge in [0, 0.05) is 12.0 Å². The zero-order valence-corrected chi connectivity index (χ0v) is 9.51. The molecule has 2 aromatic rings. The molecule has 1 heterocycles. The molecule has 0 unspecified atom stereocenters. The molecule has 0 bridgehead atoms. The van der Waals surface area contributed by atoms with E-state index in [1.807, 2.05) is 6.07 Å². The zero-order valence-electron chi connectivity index (χ0n) is 8.69. The van der Waals surface area contributed by atoms with Gasteiger partial charge in [-0.05, 0) is 25.1 Å². The minimum absolute atomic E-state index is 0.254. The van der Waals surface area contributed by atoms with Crippen LogP contribution in [-0.4, -0.2) is 16.7 Å². The Morgan fingerprint density at radius 2 is 2.19 bits per heavy atom. The van der Waals surface area contributed by atoms with Crippen molar-refractivity contribution >= 4 is 11.3 Å². The van der Waals surface area contributed by atoms with Gasteiger partial charge in [0.05, 0.1) is 0 Å². The summed E-state index contributed by atoms with van der Waals surface area (Å²) in [4.78, 5) is 0. The highest BCUT2D eigenvalue weighted by Gasteiger charge is 2.06. The van der Waals surface area contributed by atoms with Gasteiger partial charge in [-0.3, -0.25) is 0 Å². The number of rotatable bonds is 4. The van der Waals surface area contributed by atoms with E-state index in [9.17, 15) is 4.39 Å². The maximum Gasteiger partial charge on any atom is 0.147 e. The molecule has 5 heteroatoms. The summed E-state index contributed by atoms with van der Waals surface area (Å²) in [6.07, 6.45) is 1.74. The SMILES string of the molecule is NCCCc1nnc(-c2cccc(F)c2)s1. The van der Waals surface area contributed by atoms with Crippen molar-refractivity contribution in [2.24, 2.45) is 5.73 Å². The van der Waals surface area contributed by atoms with E-state index in [1.54, 1.807) is 6.07 Å². The maximum absolute atomic E-state index is 13.0. The van der Waals surface area contributed by atoms with Crippen LogP contribution in [0, 0.1) is 5.82 Å². The molecule has 3 nitrogen and oxygen atoms in total. The highest BCUT2D eigenvalue weighted by atomic mass is 32.1. The monoisotopic (exact) mass is 237 g/mol. The molecule has 0 spiro atoms. The van der Waals surface area contributed by atoms with Crippen LogP contribution in [0.5, 0.6) is 0 Å². The smallest absolute Gasteiger partial charge is 0.147 e. The summed E-state index contributed by atoms with van der Waals surface area (Å²) in [5.41, 5.74) is 6.20. The molecule has 0 aliphatic carbocycles. The van der Waals surface area contributed by atoms with Crippen molar-refractivity contribution < 1.29 is 4.39 Å². The zero-order chi connectivity index (χ0) is 11.4. The summed E-state index contributed by atoms with van der Waals surface area (Å²) in [6.45, 7) is 0.648. The number of nitrogens with zero attached hydrogens (tertiary/aromatic N) is 2. The predicted molar refractivity (Wildman–Crippen MR) is 62.7 cm³/mol. The standard InChI is InChI=1S/C11H12FN3S/c12-9-4-1-3-8(7-9)11-15-14-10(16-11)5-2-6-13/h1,3-4,7H,2,5-6,13H2. The number of hydrogen-bond acceptors (Lipinski definition) is 4. The van der Waals surface area contributed by atoms with E-state index in [1.165, 1.54) is 23.5 Å². The van der Waals surface area contributed by atoms with Crippen molar-refractivity contribution in [2.45, 2.75) is 12.8 Å². The van der Waals surface area contributed by atoms with E-state index in [2.05, 4.69) is 10.2 Å². The fraction of sp³-hybridized carbons (Fsp3) is 0.273. The highest BCUT2D eigenvalue weighted by Crippen LogP contribution is 2.24. The molecular weight excluding hydrogens is 225 g/mol. The predicted octanol–water partition coefficient (Wildman–Crippen LogP) is 2.24. The van der Waals surface area contributed by atoms with Crippen LogP contribution < -0.4 is 5.73 Å². The fourth-order valence-corrected chi connectivity index (χ4v) is 2.22. The molecule has 0 atom stereocenters. The van der Waals surface area contributed by atoms with Crippen molar-refractivity contribution in [3.05, 3.63) is 35.1 Å². The Balaban J connectivity index is 2.18. The van der Waals surface area contributed by atoms with Gasteiger partial charge in [0.25, 0.3) is 0 Å². The topological polar surface area (TPSA) is 51.8 Å². The molecule has 1 aromatic carbocycles. The molecule has 84 valence electrons. The van der Waals surface area contributed by atoms with Gasteiger partial charge in [0.2, 0.25) is 0 Å². The number of aromatic nitrogens is 2. The Bertz CT molecular complexity index is 470. The average Bonchev–Trinajstić information content (AvgIpc) is 2.75. The molecule has 0 saturated heterocycles. The molecular formula is C11H12FN3S. The molecule has 0 fully saturated rings. The second-order valence-corrected chi connectivity index (χ2v) is 4.47. The minimum atomic E-state index is -0.254. The normalized spacial score (nSPS) is 10.6. The lowest BCUT2D eigenvalue weighted by Crippen LogP contribution is -1.99.